The third kappa shape index (κ3) is 4.45. The molecule has 0 spiro atoms. The minimum Gasteiger partial charge on any atom is -0.496 e. The van der Waals surface area contributed by atoms with E-state index in [1.54, 1.807) is 7.11 Å². The number of carbonyl (C=O) groups excluding carboxylic acids is 1. The molecule has 0 radical (unpaired) electrons. The largest absolute Gasteiger partial charge is 0.496 e. The first kappa shape index (κ1) is 16.8. The van der Waals surface area contributed by atoms with E-state index in [0.29, 0.717) is 0 Å². The molecule has 1 aliphatic rings. The average Bonchev–Trinajstić information content (AvgIpc) is 2.48. The zero-order valence-corrected chi connectivity index (χ0v) is 13.8. The van der Waals surface area contributed by atoms with E-state index in [-0.39, 0.29) is 11.8 Å². The molecule has 5 heteroatoms. The zero-order chi connectivity index (χ0) is 16.1. The Labute approximate surface area is 133 Å². The van der Waals surface area contributed by atoms with E-state index >= 15 is 0 Å². The Hall–Kier alpha value is -1.59. The van der Waals surface area contributed by atoms with E-state index in [9.17, 15) is 4.79 Å². The molecule has 0 aliphatic carbocycles. The van der Waals surface area contributed by atoms with Crippen LogP contribution >= 0.6 is 0 Å². The van der Waals surface area contributed by atoms with Crippen LogP contribution in [-0.2, 0) is 17.9 Å². The third-order valence-corrected chi connectivity index (χ3v) is 4.23. The fourth-order valence-electron chi connectivity index (χ4n) is 3.00. The van der Waals surface area contributed by atoms with Gasteiger partial charge in [0.1, 0.15) is 5.75 Å². The van der Waals surface area contributed by atoms with E-state index < -0.39 is 0 Å². The smallest absolute Gasteiger partial charge is 0.220 e. The average molecular weight is 305 g/mol. The van der Waals surface area contributed by atoms with Gasteiger partial charge in [0.05, 0.1) is 7.11 Å². The number of hydrogen-bond acceptors (Lipinski definition) is 4. The van der Waals surface area contributed by atoms with E-state index in [4.69, 9.17) is 10.5 Å². The van der Waals surface area contributed by atoms with Crippen molar-refractivity contribution < 1.29 is 9.53 Å². The lowest BCUT2D eigenvalue weighted by molar-refractivity contribution is -0.123. The predicted molar refractivity (Wildman–Crippen MR) is 87.6 cm³/mol. The van der Waals surface area contributed by atoms with Crippen LogP contribution in [-0.4, -0.2) is 50.0 Å². The first-order chi connectivity index (χ1) is 10.5. The van der Waals surface area contributed by atoms with Crippen LogP contribution in [0.4, 0.5) is 0 Å². The highest BCUT2D eigenvalue weighted by Gasteiger charge is 2.23. The van der Waals surface area contributed by atoms with Crippen molar-refractivity contribution in [2.75, 3.05) is 34.3 Å². The standard InChI is InChI=1S/C17H27N3O2/c1-19(2)11-13-4-5-15(16(10-13)22-3)12-20-8-6-14(7-9-20)17(18)21/h4-5,10,14H,6-9,11-12H2,1-3H3,(H2,18,21). The molecule has 122 valence electrons. The summed E-state index contributed by atoms with van der Waals surface area (Å²) in [5.74, 6) is 0.822. The van der Waals surface area contributed by atoms with Crippen molar-refractivity contribution in [1.29, 1.82) is 0 Å². The van der Waals surface area contributed by atoms with Gasteiger partial charge in [0.2, 0.25) is 5.91 Å². The van der Waals surface area contributed by atoms with Crippen molar-refractivity contribution in [2.45, 2.75) is 25.9 Å². The molecule has 0 unspecified atom stereocenters. The number of likely N-dealkylation sites (tertiary alicyclic amines) is 1. The maximum Gasteiger partial charge on any atom is 0.220 e. The molecule has 0 aromatic heterocycles. The van der Waals surface area contributed by atoms with Crippen molar-refractivity contribution in [1.82, 2.24) is 9.80 Å². The molecule has 0 bridgehead atoms. The SMILES string of the molecule is COc1cc(CN(C)C)ccc1CN1CCC(C(N)=O)CC1. The summed E-state index contributed by atoms with van der Waals surface area (Å²) in [5.41, 5.74) is 7.83. The number of nitrogens with zero attached hydrogens (tertiary/aromatic N) is 2. The number of primary amides is 1. The van der Waals surface area contributed by atoms with Crippen LogP contribution in [0.15, 0.2) is 18.2 Å². The highest BCUT2D eigenvalue weighted by molar-refractivity contribution is 5.76. The number of rotatable bonds is 6. The summed E-state index contributed by atoms with van der Waals surface area (Å²) in [5, 5.41) is 0. The Kier molecular flexibility index (Phi) is 5.80. The second-order valence-corrected chi connectivity index (χ2v) is 6.34. The van der Waals surface area contributed by atoms with Crippen LogP contribution in [0.25, 0.3) is 0 Å². The Morgan fingerprint density at radius 3 is 2.59 bits per heavy atom. The van der Waals surface area contributed by atoms with Crippen LogP contribution in [0.1, 0.15) is 24.0 Å². The fraction of sp³-hybridized carbons (Fsp3) is 0.588. The summed E-state index contributed by atoms with van der Waals surface area (Å²) >= 11 is 0. The van der Waals surface area contributed by atoms with Gasteiger partial charge in [0, 0.05) is 24.6 Å². The molecule has 1 saturated heterocycles. The molecule has 5 nitrogen and oxygen atoms in total. The summed E-state index contributed by atoms with van der Waals surface area (Å²) in [4.78, 5) is 15.7. The molecule has 2 rings (SSSR count). The molecule has 1 heterocycles. The molecule has 1 amide bonds. The number of ether oxygens (including phenoxy) is 1. The predicted octanol–water partition coefficient (Wildman–Crippen LogP) is 1.45. The molecular formula is C17H27N3O2. The van der Waals surface area contributed by atoms with E-state index in [2.05, 4.69) is 42.1 Å². The van der Waals surface area contributed by atoms with Crippen LogP contribution in [0.2, 0.25) is 0 Å². The van der Waals surface area contributed by atoms with E-state index in [1.807, 2.05) is 0 Å². The fourth-order valence-corrected chi connectivity index (χ4v) is 3.00. The molecule has 1 aromatic carbocycles. The highest BCUT2D eigenvalue weighted by Crippen LogP contribution is 2.25. The number of nitrogens with two attached hydrogens (primary N) is 1. The lowest BCUT2D eigenvalue weighted by Crippen LogP contribution is -2.38. The summed E-state index contributed by atoms with van der Waals surface area (Å²) in [7, 11) is 5.84. The van der Waals surface area contributed by atoms with Gasteiger partial charge in [-0.2, -0.15) is 0 Å². The Morgan fingerprint density at radius 1 is 1.36 bits per heavy atom. The van der Waals surface area contributed by atoms with Crippen molar-refractivity contribution in [3.8, 4) is 5.75 Å². The van der Waals surface area contributed by atoms with Gasteiger partial charge in [-0.05, 0) is 51.7 Å². The van der Waals surface area contributed by atoms with Gasteiger partial charge in [-0.15, -0.1) is 0 Å². The van der Waals surface area contributed by atoms with Gasteiger partial charge in [-0.3, -0.25) is 9.69 Å². The number of carbonyl (C=O) groups is 1. The minimum atomic E-state index is -0.162. The molecule has 0 atom stereocenters. The monoisotopic (exact) mass is 305 g/mol. The number of piperidine rings is 1. The molecule has 22 heavy (non-hydrogen) atoms. The van der Waals surface area contributed by atoms with Crippen molar-refractivity contribution in [3.05, 3.63) is 29.3 Å². The lowest BCUT2D eigenvalue weighted by atomic mass is 9.96. The molecule has 1 aromatic rings. The number of methoxy groups -OCH3 is 1. The molecule has 2 N–H and O–H groups in total. The second kappa shape index (κ2) is 7.61. The van der Waals surface area contributed by atoms with Gasteiger partial charge < -0.3 is 15.4 Å². The summed E-state index contributed by atoms with van der Waals surface area (Å²) < 4.78 is 5.55. The van der Waals surface area contributed by atoms with Gasteiger partial charge in [-0.1, -0.05) is 12.1 Å². The minimum absolute atomic E-state index is 0.0422. The first-order valence-electron chi connectivity index (χ1n) is 7.81. The third-order valence-electron chi connectivity index (χ3n) is 4.23. The van der Waals surface area contributed by atoms with E-state index in [0.717, 1.165) is 44.8 Å². The number of benzene rings is 1. The first-order valence-corrected chi connectivity index (χ1v) is 7.81. The summed E-state index contributed by atoms with van der Waals surface area (Å²) in [6.45, 7) is 3.59. The maximum absolute atomic E-state index is 11.2. The van der Waals surface area contributed by atoms with Crippen LogP contribution in [0.5, 0.6) is 5.75 Å². The normalized spacial score (nSPS) is 16.9. The van der Waals surface area contributed by atoms with Gasteiger partial charge in [-0.25, -0.2) is 0 Å². The Balaban J connectivity index is 1.99. The van der Waals surface area contributed by atoms with Crippen LogP contribution in [0, 0.1) is 5.92 Å². The van der Waals surface area contributed by atoms with Crippen molar-refractivity contribution >= 4 is 5.91 Å². The van der Waals surface area contributed by atoms with Gasteiger partial charge in [0.25, 0.3) is 0 Å². The molecule has 1 fully saturated rings. The summed E-state index contributed by atoms with van der Waals surface area (Å²) in [6.07, 6.45) is 1.72. The quantitative estimate of drug-likeness (QED) is 0.864. The van der Waals surface area contributed by atoms with Crippen LogP contribution in [0.3, 0.4) is 0 Å². The second-order valence-electron chi connectivity index (χ2n) is 6.34. The maximum atomic E-state index is 11.2. The number of hydrogen-bond donors (Lipinski definition) is 1. The lowest BCUT2D eigenvalue weighted by Gasteiger charge is -2.30. The molecule has 1 aliphatic heterocycles. The zero-order valence-electron chi connectivity index (χ0n) is 13.8. The Bertz CT molecular complexity index is 509. The van der Waals surface area contributed by atoms with Gasteiger partial charge in [0.15, 0.2) is 0 Å². The van der Waals surface area contributed by atoms with Gasteiger partial charge >= 0.3 is 0 Å². The van der Waals surface area contributed by atoms with Crippen molar-refractivity contribution in [2.24, 2.45) is 11.7 Å². The molecule has 0 saturated carbocycles. The Morgan fingerprint density at radius 2 is 2.05 bits per heavy atom. The van der Waals surface area contributed by atoms with Crippen molar-refractivity contribution in [3.63, 3.8) is 0 Å². The topological polar surface area (TPSA) is 58.8 Å². The molecular weight excluding hydrogens is 278 g/mol. The number of amides is 1. The summed E-state index contributed by atoms with van der Waals surface area (Å²) in [6, 6.07) is 6.43. The van der Waals surface area contributed by atoms with Crippen LogP contribution < -0.4 is 10.5 Å². The van der Waals surface area contributed by atoms with E-state index in [1.165, 1.54) is 11.1 Å². The highest BCUT2D eigenvalue weighted by atomic mass is 16.5.